The van der Waals surface area contributed by atoms with Crippen molar-refractivity contribution in [1.82, 2.24) is 20.1 Å². The van der Waals surface area contributed by atoms with Gasteiger partial charge in [0, 0.05) is 44.1 Å². The van der Waals surface area contributed by atoms with Crippen molar-refractivity contribution in [3.05, 3.63) is 59.9 Å². The van der Waals surface area contributed by atoms with E-state index in [1.54, 1.807) is 12.4 Å². The quantitative estimate of drug-likeness (QED) is 0.648. The van der Waals surface area contributed by atoms with Gasteiger partial charge in [-0.2, -0.15) is 0 Å². The lowest BCUT2D eigenvalue weighted by Gasteiger charge is -2.28. The van der Waals surface area contributed by atoms with Gasteiger partial charge in [-0.25, -0.2) is 0 Å². The molecular weight excluding hydrogens is 461 g/mol. The Morgan fingerprint density at radius 3 is 2.57 bits per heavy atom. The molecule has 35 heavy (non-hydrogen) atoms. The standard InChI is InChI=1S/C25H27F3N4O3/c26-25(27,28)35-18-4-1-3-17(11-18)24(34)30-12-19-20-13-31(14-21(19)20)15-23(33)32-10-2-5-22(32)16-6-8-29-9-7-16/h1,3-4,6-9,11,19-22H,2,5,10,12-15H2,(H,30,34). The molecule has 7 nitrogen and oxygen atoms in total. The number of nitrogens with zero attached hydrogens (tertiary/aromatic N) is 3. The summed E-state index contributed by atoms with van der Waals surface area (Å²) in [6.45, 7) is 3.28. The van der Waals surface area contributed by atoms with Crippen molar-refractivity contribution in [2.45, 2.75) is 25.2 Å². The van der Waals surface area contributed by atoms with Crippen LogP contribution < -0.4 is 10.1 Å². The zero-order chi connectivity index (χ0) is 24.6. The first-order valence-corrected chi connectivity index (χ1v) is 11.8. The van der Waals surface area contributed by atoms with Crippen molar-refractivity contribution in [3.8, 4) is 5.75 Å². The smallest absolute Gasteiger partial charge is 0.406 e. The average Bonchev–Trinajstić information content (AvgIpc) is 3.18. The number of piperidine rings is 1. The molecule has 1 N–H and O–H groups in total. The Morgan fingerprint density at radius 2 is 1.86 bits per heavy atom. The average molecular weight is 489 g/mol. The molecule has 0 radical (unpaired) electrons. The van der Waals surface area contributed by atoms with Crippen LogP contribution in [0.3, 0.4) is 0 Å². The van der Waals surface area contributed by atoms with Gasteiger partial charge in [0.05, 0.1) is 12.6 Å². The Bertz CT molecular complexity index is 1070. The first-order chi connectivity index (χ1) is 16.8. The Hall–Kier alpha value is -3.14. The lowest BCUT2D eigenvalue weighted by Crippen LogP contribution is -2.40. The van der Waals surface area contributed by atoms with E-state index >= 15 is 0 Å². The fraction of sp³-hybridized carbons (Fsp3) is 0.480. The van der Waals surface area contributed by atoms with Crippen molar-refractivity contribution in [1.29, 1.82) is 0 Å². The molecule has 3 unspecified atom stereocenters. The summed E-state index contributed by atoms with van der Waals surface area (Å²) in [5, 5.41) is 2.83. The van der Waals surface area contributed by atoms with Crippen molar-refractivity contribution in [2.24, 2.45) is 17.8 Å². The van der Waals surface area contributed by atoms with Gasteiger partial charge in [-0.1, -0.05) is 6.07 Å². The van der Waals surface area contributed by atoms with Crippen molar-refractivity contribution >= 4 is 11.8 Å². The molecule has 3 fully saturated rings. The van der Waals surface area contributed by atoms with E-state index in [1.807, 2.05) is 17.0 Å². The van der Waals surface area contributed by atoms with Crippen molar-refractivity contribution < 1.29 is 27.5 Å². The van der Waals surface area contributed by atoms with Gasteiger partial charge in [0.2, 0.25) is 5.91 Å². The zero-order valence-corrected chi connectivity index (χ0v) is 19.1. The van der Waals surface area contributed by atoms with Gasteiger partial charge in [0.15, 0.2) is 0 Å². The van der Waals surface area contributed by atoms with E-state index in [0.29, 0.717) is 30.8 Å². The Morgan fingerprint density at radius 1 is 1.11 bits per heavy atom. The highest BCUT2D eigenvalue weighted by molar-refractivity contribution is 5.94. The molecule has 2 aromatic rings. The van der Waals surface area contributed by atoms with E-state index in [0.717, 1.165) is 50.2 Å². The van der Waals surface area contributed by atoms with Crippen LogP contribution in [0.2, 0.25) is 0 Å². The van der Waals surface area contributed by atoms with Crippen LogP contribution in [0.25, 0.3) is 0 Å². The summed E-state index contributed by atoms with van der Waals surface area (Å²) >= 11 is 0. The number of carbonyl (C=O) groups is 2. The summed E-state index contributed by atoms with van der Waals surface area (Å²) in [4.78, 5) is 33.6. The number of fused-ring (bicyclic) bond motifs is 1. The van der Waals surface area contributed by atoms with Crippen LogP contribution in [-0.2, 0) is 4.79 Å². The van der Waals surface area contributed by atoms with E-state index in [9.17, 15) is 22.8 Å². The number of halogens is 3. The molecule has 1 aromatic heterocycles. The predicted octanol–water partition coefficient (Wildman–Crippen LogP) is 3.25. The van der Waals surface area contributed by atoms with Crippen molar-refractivity contribution in [3.63, 3.8) is 0 Å². The van der Waals surface area contributed by atoms with Gasteiger partial charge in [-0.05, 0) is 66.5 Å². The lowest BCUT2D eigenvalue weighted by atomic mass is 10.1. The number of alkyl halides is 3. The normalized spacial score (nSPS) is 25.9. The molecule has 2 amide bonds. The van der Waals surface area contributed by atoms with Crippen LogP contribution in [0.5, 0.6) is 5.75 Å². The maximum atomic E-state index is 13.0. The van der Waals surface area contributed by atoms with E-state index in [4.69, 9.17) is 0 Å². The Labute approximate surface area is 201 Å². The molecular formula is C25H27F3N4O3. The van der Waals surface area contributed by atoms with Gasteiger partial charge in [0.1, 0.15) is 5.75 Å². The number of hydrogen-bond acceptors (Lipinski definition) is 5. The van der Waals surface area contributed by atoms with Crippen molar-refractivity contribution in [2.75, 3.05) is 32.7 Å². The van der Waals surface area contributed by atoms with Crippen LogP contribution in [-0.4, -0.2) is 65.7 Å². The largest absolute Gasteiger partial charge is 0.573 e. The molecule has 3 heterocycles. The summed E-state index contributed by atoms with van der Waals surface area (Å²) in [5.41, 5.74) is 1.25. The minimum atomic E-state index is -4.80. The summed E-state index contributed by atoms with van der Waals surface area (Å²) < 4.78 is 41.1. The number of amides is 2. The number of aromatic nitrogens is 1. The minimum absolute atomic E-state index is 0.116. The van der Waals surface area contributed by atoms with Gasteiger partial charge in [0.25, 0.3) is 5.91 Å². The lowest BCUT2D eigenvalue weighted by molar-refractivity contribution is -0.274. The van der Waals surface area contributed by atoms with Crippen LogP contribution in [0, 0.1) is 17.8 Å². The number of ether oxygens (including phenoxy) is 1. The number of hydrogen-bond donors (Lipinski definition) is 1. The minimum Gasteiger partial charge on any atom is -0.406 e. The van der Waals surface area contributed by atoms with Crippen LogP contribution in [0.1, 0.15) is 34.8 Å². The van der Waals surface area contributed by atoms with Gasteiger partial charge in [-0.3, -0.25) is 19.5 Å². The number of rotatable bonds is 7. The second-order valence-electron chi connectivity index (χ2n) is 9.50. The molecule has 10 heteroatoms. The number of pyridine rings is 1. The molecule has 3 atom stereocenters. The molecule has 5 rings (SSSR count). The summed E-state index contributed by atoms with van der Waals surface area (Å²) in [5.74, 6) is 0.492. The molecule has 1 aromatic carbocycles. The molecule has 186 valence electrons. The van der Waals surface area contributed by atoms with Crippen LogP contribution in [0.4, 0.5) is 13.2 Å². The monoisotopic (exact) mass is 488 g/mol. The number of nitrogens with one attached hydrogen (secondary N) is 1. The van der Waals surface area contributed by atoms with E-state index < -0.39 is 18.0 Å². The van der Waals surface area contributed by atoms with Crippen LogP contribution >= 0.6 is 0 Å². The van der Waals surface area contributed by atoms with E-state index in [2.05, 4.69) is 19.9 Å². The molecule has 2 aliphatic heterocycles. The maximum absolute atomic E-state index is 13.0. The summed E-state index contributed by atoms with van der Waals surface area (Å²) in [6.07, 6.45) is 0.681. The van der Waals surface area contributed by atoms with Gasteiger partial charge >= 0.3 is 6.36 Å². The molecule has 0 spiro atoms. The number of carbonyl (C=O) groups excluding carboxylic acids is 2. The van der Waals surface area contributed by atoms with E-state index in [-0.39, 0.29) is 17.5 Å². The molecule has 3 aliphatic rings. The number of benzene rings is 1. The number of likely N-dealkylation sites (tertiary alicyclic amines) is 2. The summed E-state index contributed by atoms with van der Waals surface area (Å²) in [7, 11) is 0. The molecule has 2 saturated heterocycles. The van der Waals surface area contributed by atoms with Crippen LogP contribution in [0.15, 0.2) is 48.8 Å². The fourth-order valence-electron chi connectivity index (χ4n) is 5.60. The Kier molecular flexibility index (Phi) is 6.39. The highest BCUT2D eigenvalue weighted by Crippen LogP contribution is 2.51. The summed E-state index contributed by atoms with van der Waals surface area (Å²) in [6, 6.07) is 9.12. The first kappa shape index (κ1) is 23.6. The van der Waals surface area contributed by atoms with Gasteiger partial charge in [-0.15, -0.1) is 13.2 Å². The highest BCUT2D eigenvalue weighted by Gasteiger charge is 2.55. The predicted molar refractivity (Wildman–Crippen MR) is 120 cm³/mol. The highest BCUT2D eigenvalue weighted by atomic mass is 19.4. The molecule has 0 bridgehead atoms. The third-order valence-corrected chi connectivity index (χ3v) is 7.30. The SMILES string of the molecule is O=C(NCC1C2CN(CC(=O)N3CCCC3c3ccncc3)CC12)c1cccc(OC(F)(F)F)c1. The van der Waals surface area contributed by atoms with Gasteiger partial charge < -0.3 is 15.0 Å². The fourth-order valence-corrected chi connectivity index (χ4v) is 5.60. The molecule has 1 saturated carbocycles. The third-order valence-electron chi connectivity index (χ3n) is 7.30. The maximum Gasteiger partial charge on any atom is 0.573 e. The first-order valence-electron chi connectivity index (χ1n) is 11.8. The second kappa shape index (κ2) is 9.49. The third kappa shape index (κ3) is 5.42. The Balaban J connectivity index is 1.07. The molecule has 1 aliphatic carbocycles. The van der Waals surface area contributed by atoms with E-state index in [1.165, 1.54) is 12.1 Å². The second-order valence-corrected chi connectivity index (χ2v) is 9.50. The topological polar surface area (TPSA) is 74.8 Å². The zero-order valence-electron chi connectivity index (χ0n) is 19.1.